The van der Waals surface area contributed by atoms with Crippen molar-refractivity contribution in [2.24, 2.45) is 5.73 Å². The van der Waals surface area contributed by atoms with Gasteiger partial charge in [-0.05, 0) is 18.6 Å². The molecule has 0 aliphatic carbocycles. The molecule has 1 rings (SSSR count). The van der Waals surface area contributed by atoms with E-state index in [1.807, 2.05) is 30.3 Å². The van der Waals surface area contributed by atoms with Gasteiger partial charge in [-0.3, -0.25) is 4.79 Å². The summed E-state index contributed by atoms with van der Waals surface area (Å²) in [5, 5.41) is 2.85. The smallest absolute Gasteiger partial charge is 0.241 e. The minimum Gasteiger partial charge on any atom is -0.325 e. The summed E-state index contributed by atoms with van der Waals surface area (Å²) in [6.07, 6.45) is 10.9. The van der Waals surface area contributed by atoms with Crippen molar-refractivity contribution in [1.82, 2.24) is 0 Å². The maximum absolute atomic E-state index is 11.9. The van der Waals surface area contributed by atoms with E-state index in [0.717, 1.165) is 18.5 Å². The van der Waals surface area contributed by atoms with Crippen LogP contribution in [0.5, 0.6) is 0 Å². The zero-order chi connectivity index (χ0) is 15.3. The number of unbranched alkanes of at least 4 members (excludes halogenated alkanes) is 7. The zero-order valence-corrected chi connectivity index (χ0v) is 13.3. The van der Waals surface area contributed by atoms with E-state index in [1.54, 1.807) is 0 Å². The van der Waals surface area contributed by atoms with E-state index in [1.165, 1.54) is 44.9 Å². The van der Waals surface area contributed by atoms with Gasteiger partial charge < -0.3 is 11.1 Å². The molecule has 0 aromatic heterocycles. The number of carbonyl (C=O) groups excluding carboxylic acids is 1. The van der Waals surface area contributed by atoms with Gasteiger partial charge in [-0.25, -0.2) is 0 Å². The highest BCUT2D eigenvalue weighted by atomic mass is 16.2. The molecule has 3 N–H and O–H groups in total. The van der Waals surface area contributed by atoms with Gasteiger partial charge >= 0.3 is 0 Å². The van der Waals surface area contributed by atoms with E-state index in [4.69, 9.17) is 5.73 Å². The Morgan fingerprint density at radius 1 is 1.00 bits per heavy atom. The number of hydrogen-bond acceptors (Lipinski definition) is 2. The third-order valence-electron chi connectivity index (χ3n) is 3.75. The van der Waals surface area contributed by atoms with Gasteiger partial charge in [-0.1, -0.05) is 76.5 Å². The van der Waals surface area contributed by atoms with Gasteiger partial charge in [-0.2, -0.15) is 0 Å². The second-order valence-corrected chi connectivity index (χ2v) is 5.73. The first-order chi connectivity index (χ1) is 10.2. The molecule has 0 fully saturated rings. The molecule has 118 valence electrons. The first kappa shape index (κ1) is 17.7. The molecule has 3 nitrogen and oxygen atoms in total. The highest BCUT2D eigenvalue weighted by molar-refractivity contribution is 5.94. The van der Waals surface area contributed by atoms with Crippen LogP contribution in [0.4, 0.5) is 5.69 Å². The van der Waals surface area contributed by atoms with Crippen LogP contribution in [0.1, 0.15) is 64.7 Å². The van der Waals surface area contributed by atoms with Crippen molar-refractivity contribution in [2.75, 3.05) is 5.32 Å². The summed E-state index contributed by atoms with van der Waals surface area (Å²) in [5.74, 6) is -0.0795. The number of amides is 1. The van der Waals surface area contributed by atoms with Crippen LogP contribution in [0.25, 0.3) is 0 Å². The Labute approximate surface area is 129 Å². The number of hydrogen-bond donors (Lipinski definition) is 2. The van der Waals surface area contributed by atoms with Crippen LogP contribution in [-0.4, -0.2) is 11.9 Å². The molecule has 0 aliphatic rings. The Hall–Kier alpha value is -1.35. The third-order valence-corrected chi connectivity index (χ3v) is 3.75. The number of para-hydroxylation sites is 1. The summed E-state index contributed by atoms with van der Waals surface area (Å²) >= 11 is 0. The van der Waals surface area contributed by atoms with Crippen LogP contribution in [0.15, 0.2) is 30.3 Å². The molecule has 1 amide bonds. The van der Waals surface area contributed by atoms with Crippen molar-refractivity contribution in [2.45, 2.75) is 70.8 Å². The fraction of sp³-hybridized carbons (Fsp3) is 0.611. The monoisotopic (exact) mass is 290 g/mol. The van der Waals surface area contributed by atoms with Crippen LogP contribution in [-0.2, 0) is 4.79 Å². The van der Waals surface area contributed by atoms with Crippen LogP contribution < -0.4 is 11.1 Å². The van der Waals surface area contributed by atoms with Gasteiger partial charge in [0, 0.05) is 5.69 Å². The molecule has 1 atom stereocenters. The Bertz CT molecular complexity index is 378. The molecule has 0 aliphatic heterocycles. The van der Waals surface area contributed by atoms with Gasteiger partial charge in [0.15, 0.2) is 0 Å². The number of anilines is 1. The van der Waals surface area contributed by atoms with Gasteiger partial charge in [0.2, 0.25) is 5.91 Å². The fourth-order valence-corrected chi connectivity index (χ4v) is 2.39. The molecule has 0 radical (unpaired) electrons. The highest BCUT2D eigenvalue weighted by Crippen LogP contribution is 2.11. The van der Waals surface area contributed by atoms with E-state index < -0.39 is 6.04 Å². The van der Waals surface area contributed by atoms with Crippen LogP contribution in [0.3, 0.4) is 0 Å². The summed E-state index contributed by atoms with van der Waals surface area (Å²) in [4.78, 5) is 11.9. The molecule has 0 saturated heterocycles. The Morgan fingerprint density at radius 2 is 1.57 bits per heavy atom. The molecule has 0 bridgehead atoms. The van der Waals surface area contributed by atoms with Gasteiger partial charge in [0.25, 0.3) is 0 Å². The quantitative estimate of drug-likeness (QED) is 0.590. The Balaban J connectivity index is 2.05. The average Bonchev–Trinajstić information content (AvgIpc) is 2.50. The third kappa shape index (κ3) is 8.51. The predicted octanol–water partition coefficient (Wildman–Crippen LogP) is 4.48. The Kier molecular flexibility index (Phi) is 9.55. The first-order valence-electron chi connectivity index (χ1n) is 8.35. The van der Waals surface area contributed by atoms with Crippen LogP contribution >= 0.6 is 0 Å². The van der Waals surface area contributed by atoms with E-state index in [-0.39, 0.29) is 5.91 Å². The molecule has 0 saturated carbocycles. The summed E-state index contributed by atoms with van der Waals surface area (Å²) in [7, 11) is 0. The minimum absolute atomic E-state index is 0.0795. The van der Waals surface area contributed by atoms with Crippen molar-refractivity contribution < 1.29 is 4.79 Å². The highest BCUT2D eigenvalue weighted by Gasteiger charge is 2.12. The number of nitrogens with two attached hydrogens (primary N) is 1. The average molecular weight is 290 g/mol. The van der Waals surface area contributed by atoms with E-state index in [9.17, 15) is 4.79 Å². The van der Waals surface area contributed by atoms with Crippen molar-refractivity contribution in [3.63, 3.8) is 0 Å². The van der Waals surface area contributed by atoms with Crippen molar-refractivity contribution in [3.8, 4) is 0 Å². The van der Waals surface area contributed by atoms with E-state index in [2.05, 4.69) is 12.2 Å². The summed E-state index contributed by atoms with van der Waals surface area (Å²) in [5.41, 5.74) is 6.75. The lowest BCUT2D eigenvalue weighted by Gasteiger charge is -2.12. The summed E-state index contributed by atoms with van der Waals surface area (Å²) in [6.45, 7) is 2.24. The SMILES string of the molecule is CCCCCCCCCCC(N)C(=O)Nc1ccccc1. The van der Waals surface area contributed by atoms with E-state index in [0.29, 0.717) is 0 Å². The second kappa shape index (κ2) is 11.3. The van der Waals surface area contributed by atoms with Crippen molar-refractivity contribution in [1.29, 1.82) is 0 Å². The molecule has 1 aromatic rings. The topological polar surface area (TPSA) is 55.1 Å². The minimum atomic E-state index is -0.398. The van der Waals surface area contributed by atoms with E-state index >= 15 is 0 Å². The largest absolute Gasteiger partial charge is 0.325 e. The van der Waals surface area contributed by atoms with Gasteiger partial charge in [0.05, 0.1) is 6.04 Å². The maximum Gasteiger partial charge on any atom is 0.241 e. The summed E-state index contributed by atoms with van der Waals surface area (Å²) in [6, 6.07) is 9.09. The molecule has 3 heteroatoms. The summed E-state index contributed by atoms with van der Waals surface area (Å²) < 4.78 is 0. The van der Waals surface area contributed by atoms with Crippen molar-refractivity contribution >= 4 is 11.6 Å². The number of carbonyl (C=O) groups is 1. The normalized spacial score (nSPS) is 12.1. The van der Waals surface area contributed by atoms with Gasteiger partial charge in [0.1, 0.15) is 0 Å². The zero-order valence-electron chi connectivity index (χ0n) is 13.3. The van der Waals surface area contributed by atoms with Crippen LogP contribution in [0, 0.1) is 0 Å². The Morgan fingerprint density at radius 3 is 2.19 bits per heavy atom. The molecule has 0 heterocycles. The van der Waals surface area contributed by atoms with Crippen LogP contribution in [0.2, 0.25) is 0 Å². The lowest BCUT2D eigenvalue weighted by atomic mass is 10.0. The molecule has 1 aromatic carbocycles. The van der Waals surface area contributed by atoms with Gasteiger partial charge in [-0.15, -0.1) is 0 Å². The number of nitrogens with one attached hydrogen (secondary N) is 1. The lowest BCUT2D eigenvalue weighted by molar-refractivity contribution is -0.117. The molecule has 0 spiro atoms. The predicted molar refractivity (Wildman–Crippen MR) is 90.3 cm³/mol. The fourth-order valence-electron chi connectivity index (χ4n) is 2.39. The maximum atomic E-state index is 11.9. The molecular formula is C18H30N2O. The second-order valence-electron chi connectivity index (χ2n) is 5.73. The molecular weight excluding hydrogens is 260 g/mol. The molecule has 21 heavy (non-hydrogen) atoms. The molecule has 1 unspecified atom stereocenters. The lowest BCUT2D eigenvalue weighted by Crippen LogP contribution is -2.35. The standard InChI is InChI=1S/C18H30N2O/c1-2-3-4-5-6-7-8-12-15-17(19)18(21)20-16-13-10-9-11-14-16/h9-11,13-14,17H,2-8,12,15,19H2,1H3,(H,20,21). The number of rotatable bonds is 11. The number of benzene rings is 1. The first-order valence-corrected chi connectivity index (χ1v) is 8.35. The van der Waals surface area contributed by atoms with Crippen molar-refractivity contribution in [3.05, 3.63) is 30.3 Å².